The van der Waals surface area contributed by atoms with Gasteiger partial charge in [-0.15, -0.1) is 0 Å². The topological polar surface area (TPSA) is 35.5 Å². The first-order valence-electron chi connectivity index (χ1n) is 4.96. The van der Waals surface area contributed by atoms with Crippen molar-refractivity contribution < 1.29 is 14.3 Å². The molecular formula is C10H20O3. The summed E-state index contributed by atoms with van der Waals surface area (Å²) < 4.78 is 9.41. The number of hydrogen-bond acceptors (Lipinski definition) is 3. The van der Waals surface area contributed by atoms with E-state index in [0.29, 0.717) is 13.2 Å². The molecule has 0 heterocycles. The lowest BCUT2D eigenvalue weighted by molar-refractivity contribution is 0.0577. The zero-order valence-electron chi connectivity index (χ0n) is 8.84. The van der Waals surface area contributed by atoms with Crippen LogP contribution >= 0.6 is 0 Å². The van der Waals surface area contributed by atoms with E-state index in [0.717, 1.165) is 18.8 Å². The Hall–Kier alpha value is -0.730. The zero-order valence-corrected chi connectivity index (χ0v) is 8.84. The molecule has 0 aromatic carbocycles. The lowest BCUT2D eigenvalue weighted by Crippen LogP contribution is -2.08. The molecule has 0 aliphatic carbocycles. The summed E-state index contributed by atoms with van der Waals surface area (Å²) in [6, 6.07) is 0. The van der Waals surface area contributed by atoms with E-state index in [1.165, 1.54) is 6.42 Å². The minimum absolute atomic E-state index is 0.380. The van der Waals surface area contributed by atoms with Crippen molar-refractivity contribution in [3.05, 3.63) is 0 Å². The van der Waals surface area contributed by atoms with Crippen molar-refractivity contribution in [2.45, 2.75) is 40.0 Å². The molecule has 0 aliphatic heterocycles. The van der Waals surface area contributed by atoms with Crippen molar-refractivity contribution in [1.82, 2.24) is 0 Å². The Morgan fingerprint density at radius 2 is 1.92 bits per heavy atom. The molecule has 3 heteroatoms. The van der Waals surface area contributed by atoms with Crippen LogP contribution in [0.1, 0.15) is 40.0 Å². The van der Waals surface area contributed by atoms with Crippen LogP contribution in [0, 0.1) is 5.92 Å². The predicted molar refractivity (Wildman–Crippen MR) is 51.7 cm³/mol. The highest BCUT2D eigenvalue weighted by molar-refractivity contribution is 5.59. The largest absolute Gasteiger partial charge is 0.508 e. The van der Waals surface area contributed by atoms with Gasteiger partial charge in [0.25, 0.3) is 0 Å². The van der Waals surface area contributed by atoms with Crippen LogP contribution in [0.4, 0.5) is 4.79 Å². The molecule has 0 atom stereocenters. The molecule has 0 N–H and O–H groups in total. The van der Waals surface area contributed by atoms with Crippen molar-refractivity contribution in [1.29, 1.82) is 0 Å². The number of carbonyl (C=O) groups excluding carboxylic acids is 1. The van der Waals surface area contributed by atoms with Crippen LogP contribution in [0.2, 0.25) is 0 Å². The molecule has 0 radical (unpaired) electrons. The van der Waals surface area contributed by atoms with E-state index in [-0.39, 0.29) is 0 Å². The maximum absolute atomic E-state index is 10.7. The SMILES string of the molecule is CCOC(=O)OCCCCC(C)C. The molecule has 0 rings (SSSR count). The van der Waals surface area contributed by atoms with Gasteiger partial charge in [0.2, 0.25) is 0 Å². The molecule has 0 aromatic heterocycles. The van der Waals surface area contributed by atoms with E-state index in [1.807, 2.05) is 0 Å². The van der Waals surface area contributed by atoms with Gasteiger partial charge in [-0.05, 0) is 25.7 Å². The van der Waals surface area contributed by atoms with Gasteiger partial charge in [-0.25, -0.2) is 4.79 Å². The van der Waals surface area contributed by atoms with Crippen LogP contribution in [0.5, 0.6) is 0 Å². The van der Waals surface area contributed by atoms with E-state index < -0.39 is 6.16 Å². The Bertz CT molecular complexity index is 132. The molecule has 0 fully saturated rings. The Kier molecular flexibility index (Phi) is 7.45. The maximum Gasteiger partial charge on any atom is 0.508 e. The summed E-state index contributed by atoms with van der Waals surface area (Å²) in [5.74, 6) is 0.725. The van der Waals surface area contributed by atoms with Gasteiger partial charge < -0.3 is 9.47 Å². The van der Waals surface area contributed by atoms with Gasteiger partial charge in [0.1, 0.15) is 0 Å². The average molecular weight is 188 g/mol. The molecule has 0 saturated carbocycles. The normalized spacial score (nSPS) is 10.2. The third kappa shape index (κ3) is 9.18. The summed E-state index contributed by atoms with van der Waals surface area (Å²) in [5, 5.41) is 0. The van der Waals surface area contributed by atoms with E-state index in [1.54, 1.807) is 6.92 Å². The number of unbranched alkanes of at least 4 members (excludes halogenated alkanes) is 1. The molecule has 13 heavy (non-hydrogen) atoms. The molecule has 0 bridgehead atoms. The van der Waals surface area contributed by atoms with Crippen molar-refractivity contribution in [3.63, 3.8) is 0 Å². The minimum atomic E-state index is -0.549. The fourth-order valence-corrected chi connectivity index (χ4v) is 0.970. The minimum Gasteiger partial charge on any atom is -0.435 e. The predicted octanol–water partition coefficient (Wildman–Crippen LogP) is 2.99. The average Bonchev–Trinajstić information content (AvgIpc) is 2.03. The van der Waals surface area contributed by atoms with Gasteiger partial charge in [-0.1, -0.05) is 20.3 Å². The first-order chi connectivity index (χ1) is 6.16. The Labute approximate surface area is 80.4 Å². The van der Waals surface area contributed by atoms with Crippen LogP contribution in [0.25, 0.3) is 0 Å². The van der Waals surface area contributed by atoms with Crippen molar-refractivity contribution >= 4 is 6.16 Å². The fourth-order valence-electron chi connectivity index (χ4n) is 0.970. The quantitative estimate of drug-likeness (QED) is 0.475. The summed E-state index contributed by atoms with van der Waals surface area (Å²) in [6.45, 7) is 6.99. The van der Waals surface area contributed by atoms with Crippen molar-refractivity contribution in [2.24, 2.45) is 5.92 Å². The van der Waals surface area contributed by atoms with Crippen LogP contribution in [0.3, 0.4) is 0 Å². The monoisotopic (exact) mass is 188 g/mol. The molecule has 0 aromatic rings. The first kappa shape index (κ1) is 12.3. The molecule has 0 aliphatic rings. The summed E-state index contributed by atoms with van der Waals surface area (Å²) in [5.41, 5.74) is 0. The Morgan fingerprint density at radius 1 is 1.23 bits per heavy atom. The molecule has 3 nitrogen and oxygen atoms in total. The second-order valence-electron chi connectivity index (χ2n) is 3.42. The zero-order chi connectivity index (χ0) is 10.1. The highest BCUT2D eigenvalue weighted by Crippen LogP contribution is 2.06. The van der Waals surface area contributed by atoms with Crippen molar-refractivity contribution in [3.8, 4) is 0 Å². The molecule has 0 saturated heterocycles. The van der Waals surface area contributed by atoms with E-state index in [4.69, 9.17) is 4.74 Å². The Morgan fingerprint density at radius 3 is 2.46 bits per heavy atom. The standard InChI is InChI=1S/C10H20O3/c1-4-12-10(11)13-8-6-5-7-9(2)3/h9H,4-8H2,1-3H3. The van der Waals surface area contributed by atoms with Crippen LogP contribution in [-0.2, 0) is 9.47 Å². The van der Waals surface area contributed by atoms with E-state index >= 15 is 0 Å². The fraction of sp³-hybridized carbons (Fsp3) is 0.900. The summed E-state index contributed by atoms with van der Waals surface area (Å²) in [7, 11) is 0. The van der Waals surface area contributed by atoms with Crippen LogP contribution in [0.15, 0.2) is 0 Å². The lowest BCUT2D eigenvalue weighted by atomic mass is 10.1. The molecule has 0 spiro atoms. The third-order valence-corrected chi connectivity index (χ3v) is 1.66. The third-order valence-electron chi connectivity index (χ3n) is 1.66. The maximum atomic E-state index is 10.7. The Balaban J connectivity index is 3.11. The highest BCUT2D eigenvalue weighted by atomic mass is 16.7. The van der Waals surface area contributed by atoms with Gasteiger partial charge in [0, 0.05) is 0 Å². The van der Waals surface area contributed by atoms with E-state index in [9.17, 15) is 4.79 Å². The molecular weight excluding hydrogens is 168 g/mol. The van der Waals surface area contributed by atoms with Crippen LogP contribution in [-0.4, -0.2) is 19.4 Å². The van der Waals surface area contributed by atoms with E-state index in [2.05, 4.69) is 18.6 Å². The second kappa shape index (κ2) is 7.90. The van der Waals surface area contributed by atoms with Gasteiger partial charge in [-0.3, -0.25) is 0 Å². The number of hydrogen-bond donors (Lipinski definition) is 0. The highest BCUT2D eigenvalue weighted by Gasteiger charge is 2.01. The van der Waals surface area contributed by atoms with Crippen LogP contribution < -0.4 is 0 Å². The number of rotatable bonds is 6. The van der Waals surface area contributed by atoms with Gasteiger partial charge in [0.05, 0.1) is 13.2 Å². The van der Waals surface area contributed by atoms with Crippen molar-refractivity contribution in [2.75, 3.05) is 13.2 Å². The first-order valence-corrected chi connectivity index (χ1v) is 4.96. The lowest BCUT2D eigenvalue weighted by Gasteiger charge is -2.05. The smallest absolute Gasteiger partial charge is 0.435 e. The molecule has 0 amide bonds. The summed E-state index contributed by atoms with van der Waals surface area (Å²) in [6.07, 6.45) is 2.67. The van der Waals surface area contributed by atoms with Gasteiger partial charge >= 0.3 is 6.16 Å². The second-order valence-corrected chi connectivity index (χ2v) is 3.42. The number of ether oxygens (including phenoxy) is 2. The molecule has 0 unspecified atom stereocenters. The summed E-state index contributed by atoms with van der Waals surface area (Å²) >= 11 is 0. The number of carbonyl (C=O) groups is 1. The summed E-state index contributed by atoms with van der Waals surface area (Å²) in [4.78, 5) is 10.7. The molecule has 78 valence electrons. The van der Waals surface area contributed by atoms with Gasteiger partial charge in [-0.2, -0.15) is 0 Å². The van der Waals surface area contributed by atoms with Gasteiger partial charge in [0.15, 0.2) is 0 Å².